The van der Waals surface area contributed by atoms with E-state index in [-0.39, 0.29) is 17.9 Å². The average molecular weight is 415 g/mol. The van der Waals surface area contributed by atoms with Crippen molar-refractivity contribution in [2.75, 3.05) is 11.9 Å². The summed E-state index contributed by atoms with van der Waals surface area (Å²) < 4.78 is 6.61. The molecule has 0 saturated heterocycles. The summed E-state index contributed by atoms with van der Waals surface area (Å²) in [5, 5.41) is 8.37. The van der Waals surface area contributed by atoms with Crippen molar-refractivity contribution in [1.29, 1.82) is 0 Å². The van der Waals surface area contributed by atoms with Gasteiger partial charge in [0.2, 0.25) is 0 Å². The highest BCUT2D eigenvalue weighted by Gasteiger charge is 2.25. The lowest BCUT2D eigenvalue weighted by atomic mass is 10.0. The third kappa shape index (κ3) is 3.87. The second-order valence-electron chi connectivity index (χ2n) is 6.69. The van der Waals surface area contributed by atoms with E-state index in [1.54, 1.807) is 31.6 Å². The first-order valence-electron chi connectivity index (χ1n) is 9.97. The van der Waals surface area contributed by atoms with E-state index in [9.17, 15) is 9.59 Å². The predicted molar refractivity (Wildman–Crippen MR) is 118 cm³/mol. The van der Waals surface area contributed by atoms with E-state index >= 15 is 0 Å². The molecule has 4 aromatic rings. The van der Waals surface area contributed by atoms with Crippen molar-refractivity contribution in [3.05, 3.63) is 77.0 Å². The summed E-state index contributed by atoms with van der Waals surface area (Å²) in [4.78, 5) is 34.7. The van der Waals surface area contributed by atoms with Gasteiger partial charge in [-0.25, -0.2) is 9.48 Å². The molecule has 0 aliphatic rings. The summed E-state index contributed by atoms with van der Waals surface area (Å²) in [6, 6.07) is 12.9. The van der Waals surface area contributed by atoms with Crippen molar-refractivity contribution in [3.63, 3.8) is 0 Å². The maximum Gasteiger partial charge on any atom is 0.342 e. The van der Waals surface area contributed by atoms with Crippen LogP contribution in [-0.4, -0.2) is 32.3 Å². The van der Waals surface area contributed by atoms with E-state index in [0.29, 0.717) is 29.0 Å². The number of carbonyl (C=O) groups excluding carboxylic acids is 1. The van der Waals surface area contributed by atoms with Gasteiger partial charge in [0, 0.05) is 23.7 Å². The second-order valence-corrected chi connectivity index (χ2v) is 6.69. The Labute approximate surface area is 178 Å². The van der Waals surface area contributed by atoms with Gasteiger partial charge in [0.25, 0.3) is 5.56 Å². The molecule has 0 aliphatic carbocycles. The molecule has 3 aromatic heterocycles. The third-order valence-corrected chi connectivity index (χ3v) is 4.77. The van der Waals surface area contributed by atoms with Crippen molar-refractivity contribution in [1.82, 2.24) is 19.7 Å². The van der Waals surface area contributed by atoms with Crippen LogP contribution >= 0.6 is 0 Å². The molecule has 31 heavy (non-hydrogen) atoms. The van der Waals surface area contributed by atoms with E-state index < -0.39 is 11.5 Å². The van der Waals surface area contributed by atoms with Crippen LogP contribution in [0.15, 0.2) is 65.8 Å². The summed E-state index contributed by atoms with van der Waals surface area (Å²) in [5.74, 6) is -0.622. The first-order valence-corrected chi connectivity index (χ1v) is 9.97. The molecule has 0 radical (unpaired) electrons. The Balaban J connectivity index is 1.99. The van der Waals surface area contributed by atoms with Gasteiger partial charge in [-0.05, 0) is 26.0 Å². The zero-order chi connectivity index (χ0) is 21.8. The van der Waals surface area contributed by atoms with E-state index in [1.807, 2.05) is 43.3 Å². The van der Waals surface area contributed by atoms with Gasteiger partial charge < -0.3 is 10.1 Å². The highest BCUT2D eigenvalue weighted by atomic mass is 16.5. The van der Waals surface area contributed by atoms with Gasteiger partial charge in [-0.1, -0.05) is 30.3 Å². The highest BCUT2D eigenvalue weighted by Crippen LogP contribution is 2.30. The topological polar surface area (TPSA) is 99.0 Å². The summed E-state index contributed by atoms with van der Waals surface area (Å²) >= 11 is 0. The fourth-order valence-corrected chi connectivity index (χ4v) is 3.34. The molecular formula is C23H21N5O3. The van der Waals surface area contributed by atoms with Gasteiger partial charge >= 0.3 is 5.97 Å². The lowest BCUT2D eigenvalue weighted by Crippen LogP contribution is -2.29. The lowest BCUT2D eigenvalue weighted by Gasteiger charge is -2.17. The van der Waals surface area contributed by atoms with Crippen molar-refractivity contribution < 1.29 is 9.53 Å². The number of pyridine rings is 2. The van der Waals surface area contributed by atoms with Crippen LogP contribution in [0.5, 0.6) is 0 Å². The molecule has 1 aromatic carbocycles. The maximum absolute atomic E-state index is 13.2. The molecule has 8 heteroatoms. The summed E-state index contributed by atoms with van der Waals surface area (Å²) in [6.07, 6.45) is 4.90. The number of hydrogen-bond donors (Lipinski definition) is 1. The number of anilines is 2. The smallest absolute Gasteiger partial charge is 0.342 e. The number of nitrogens with one attached hydrogen (secondary N) is 1. The quantitative estimate of drug-likeness (QED) is 0.478. The van der Waals surface area contributed by atoms with Crippen LogP contribution in [0.3, 0.4) is 0 Å². The summed E-state index contributed by atoms with van der Waals surface area (Å²) in [6.45, 7) is 4.05. The third-order valence-electron chi connectivity index (χ3n) is 4.77. The number of hydrogen-bond acceptors (Lipinski definition) is 7. The Morgan fingerprint density at radius 1 is 1.10 bits per heavy atom. The zero-order valence-corrected chi connectivity index (χ0v) is 17.2. The molecule has 0 atom stereocenters. The Morgan fingerprint density at radius 2 is 1.90 bits per heavy atom. The minimum atomic E-state index is -0.622. The number of benzene rings is 1. The standard InChI is InChI=1S/C23H21N5O3/c1-3-28-22(29)21(26-18-14-24-13-17-16(18)11-8-12-25-17)19(23(30)31-4-2)20(27-28)15-9-6-5-7-10-15/h5-14,26H,3-4H2,1-2H3. The molecule has 8 nitrogen and oxygen atoms in total. The number of ether oxygens (including phenoxy) is 1. The van der Waals surface area contributed by atoms with Crippen molar-refractivity contribution in [3.8, 4) is 11.3 Å². The molecule has 0 unspecified atom stereocenters. The molecule has 0 amide bonds. The summed E-state index contributed by atoms with van der Waals surface area (Å²) in [5.41, 5.74) is 2.05. The minimum absolute atomic E-state index is 0.0867. The van der Waals surface area contributed by atoms with Crippen molar-refractivity contribution >= 4 is 28.2 Å². The van der Waals surface area contributed by atoms with Crippen LogP contribution in [-0.2, 0) is 11.3 Å². The molecule has 0 fully saturated rings. The molecule has 0 aliphatic heterocycles. The van der Waals surface area contributed by atoms with Crippen LogP contribution in [0.25, 0.3) is 22.2 Å². The zero-order valence-electron chi connectivity index (χ0n) is 17.2. The molecule has 0 spiro atoms. The highest BCUT2D eigenvalue weighted by molar-refractivity contribution is 6.03. The fourth-order valence-electron chi connectivity index (χ4n) is 3.34. The van der Waals surface area contributed by atoms with Gasteiger partial charge in [-0.3, -0.25) is 14.8 Å². The Kier molecular flexibility index (Phi) is 5.70. The van der Waals surface area contributed by atoms with E-state index in [4.69, 9.17) is 4.74 Å². The molecule has 3 heterocycles. The summed E-state index contributed by atoms with van der Waals surface area (Å²) in [7, 11) is 0. The van der Waals surface area contributed by atoms with E-state index in [2.05, 4.69) is 20.4 Å². The van der Waals surface area contributed by atoms with Crippen LogP contribution < -0.4 is 10.9 Å². The Bertz CT molecular complexity index is 1300. The number of carbonyl (C=O) groups is 1. The largest absolute Gasteiger partial charge is 0.462 e. The number of rotatable bonds is 6. The van der Waals surface area contributed by atoms with E-state index in [0.717, 1.165) is 5.39 Å². The number of aromatic nitrogens is 4. The molecule has 156 valence electrons. The Hall–Kier alpha value is -4.07. The van der Waals surface area contributed by atoms with E-state index in [1.165, 1.54) is 4.68 Å². The van der Waals surface area contributed by atoms with Crippen LogP contribution in [0, 0.1) is 0 Å². The number of aryl methyl sites for hydroxylation is 1. The van der Waals surface area contributed by atoms with Crippen LogP contribution in [0.4, 0.5) is 11.4 Å². The average Bonchev–Trinajstić information content (AvgIpc) is 2.81. The number of nitrogens with zero attached hydrogens (tertiary/aromatic N) is 4. The lowest BCUT2D eigenvalue weighted by molar-refractivity contribution is 0.0527. The molecular weight excluding hydrogens is 394 g/mol. The molecule has 0 bridgehead atoms. The first-order chi connectivity index (χ1) is 15.1. The van der Waals surface area contributed by atoms with Crippen LogP contribution in [0.1, 0.15) is 24.2 Å². The van der Waals surface area contributed by atoms with Crippen molar-refractivity contribution in [2.24, 2.45) is 0 Å². The SMILES string of the molecule is CCOC(=O)c1c(-c2ccccc2)nn(CC)c(=O)c1Nc1cncc2ncccc12. The van der Waals surface area contributed by atoms with Crippen molar-refractivity contribution in [2.45, 2.75) is 20.4 Å². The van der Waals surface area contributed by atoms with Gasteiger partial charge in [0.1, 0.15) is 16.9 Å². The number of fused-ring (bicyclic) bond motifs is 1. The van der Waals surface area contributed by atoms with Gasteiger partial charge in [0.15, 0.2) is 0 Å². The normalized spacial score (nSPS) is 10.8. The van der Waals surface area contributed by atoms with Gasteiger partial charge in [0.05, 0.1) is 30.2 Å². The first kappa shape index (κ1) is 20.2. The van der Waals surface area contributed by atoms with Gasteiger partial charge in [-0.15, -0.1) is 0 Å². The maximum atomic E-state index is 13.2. The minimum Gasteiger partial charge on any atom is -0.462 e. The number of esters is 1. The fraction of sp³-hybridized carbons (Fsp3) is 0.174. The molecule has 0 saturated carbocycles. The molecule has 1 N–H and O–H groups in total. The monoisotopic (exact) mass is 415 g/mol. The molecule has 4 rings (SSSR count). The Morgan fingerprint density at radius 3 is 2.65 bits per heavy atom. The van der Waals surface area contributed by atoms with Gasteiger partial charge in [-0.2, -0.15) is 5.10 Å². The second kappa shape index (κ2) is 8.74. The predicted octanol–water partition coefficient (Wildman–Crippen LogP) is 3.79. The van der Waals surface area contributed by atoms with Crippen LogP contribution in [0.2, 0.25) is 0 Å².